The first-order valence-electron chi connectivity index (χ1n) is 7.03. The molecule has 0 N–H and O–H groups in total. The minimum Gasteiger partial charge on any atom is -0.129 e. The molecular weight excluding hydrogens is 276 g/mol. The lowest BCUT2D eigenvalue weighted by atomic mass is 10.2. The van der Waals surface area contributed by atoms with Gasteiger partial charge >= 0.3 is 0 Å². The fourth-order valence-electron chi connectivity index (χ4n) is 2.35. The van der Waals surface area contributed by atoms with Crippen molar-refractivity contribution in [2.24, 2.45) is 5.11 Å². The van der Waals surface area contributed by atoms with Crippen LogP contribution in [0.1, 0.15) is 6.92 Å². The molecular formula is C16H15N6+. The number of benzene rings is 2. The van der Waals surface area contributed by atoms with Crippen LogP contribution in [0.5, 0.6) is 0 Å². The maximum Gasteiger partial charge on any atom is 0.198 e. The van der Waals surface area contributed by atoms with E-state index in [9.17, 15) is 0 Å². The van der Waals surface area contributed by atoms with Crippen LogP contribution in [0.25, 0.3) is 27.4 Å². The van der Waals surface area contributed by atoms with E-state index in [1.807, 2.05) is 66.3 Å². The molecule has 0 aliphatic rings. The molecule has 0 atom stereocenters. The van der Waals surface area contributed by atoms with Crippen molar-refractivity contribution in [2.75, 3.05) is 0 Å². The smallest absolute Gasteiger partial charge is 0.129 e. The van der Waals surface area contributed by atoms with Crippen molar-refractivity contribution in [3.05, 3.63) is 71.2 Å². The average molecular weight is 291 g/mol. The number of rotatable bonds is 4. The Morgan fingerprint density at radius 2 is 1.86 bits per heavy atom. The number of hydrogen-bond donors (Lipinski definition) is 0. The third-order valence-corrected chi connectivity index (χ3v) is 3.38. The van der Waals surface area contributed by atoms with Crippen molar-refractivity contribution in [3.63, 3.8) is 0 Å². The Morgan fingerprint density at radius 3 is 2.59 bits per heavy atom. The Bertz CT molecular complexity index is 831. The van der Waals surface area contributed by atoms with Gasteiger partial charge in [-0.25, -0.2) is 0 Å². The first-order chi connectivity index (χ1) is 10.8. The highest BCUT2D eigenvalue weighted by molar-refractivity contribution is 5.58. The van der Waals surface area contributed by atoms with Crippen LogP contribution in [0, 0.1) is 0 Å². The summed E-state index contributed by atoms with van der Waals surface area (Å²) in [6, 6.07) is 17.5. The highest BCUT2D eigenvalue weighted by Gasteiger charge is 2.19. The zero-order valence-corrected chi connectivity index (χ0v) is 12.2. The topological polar surface area (TPSA) is 70.5 Å². The lowest BCUT2D eigenvalue weighted by Crippen LogP contribution is -2.33. The Labute approximate surface area is 127 Å². The van der Waals surface area contributed by atoms with Crippen LogP contribution >= 0.6 is 0 Å². The SMILES string of the molecule is CCn1n[n+](-c2ccccc2N=[N+]=[N-])cc1-c1ccccc1. The van der Waals surface area contributed by atoms with E-state index >= 15 is 0 Å². The van der Waals surface area contributed by atoms with E-state index in [1.165, 1.54) is 0 Å². The van der Waals surface area contributed by atoms with Gasteiger partial charge in [0.2, 0.25) is 0 Å². The first-order valence-corrected chi connectivity index (χ1v) is 7.03. The molecule has 6 nitrogen and oxygen atoms in total. The van der Waals surface area contributed by atoms with Gasteiger partial charge in [-0.1, -0.05) is 47.6 Å². The molecule has 0 saturated carbocycles. The maximum atomic E-state index is 8.70. The summed E-state index contributed by atoms with van der Waals surface area (Å²) in [5, 5.41) is 8.30. The number of aromatic nitrogens is 3. The summed E-state index contributed by atoms with van der Waals surface area (Å²) in [5.74, 6) is 0. The third kappa shape index (κ3) is 2.55. The molecule has 3 rings (SSSR count). The standard InChI is InChI=1S/C16H15N6/c1-2-21-16(13-8-4-3-5-9-13)12-22(20-21)15-11-7-6-10-14(15)18-19-17/h3-12H,2H2,1H3/q+1. The summed E-state index contributed by atoms with van der Waals surface area (Å²) in [5.41, 5.74) is 12.1. The van der Waals surface area contributed by atoms with Gasteiger partial charge in [0.05, 0.1) is 10.9 Å². The van der Waals surface area contributed by atoms with Crippen molar-refractivity contribution in [2.45, 2.75) is 13.5 Å². The molecule has 0 saturated heterocycles. The molecule has 22 heavy (non-hydrogen) atoms. The van der Waals surface area contributed by atoms with E-state index in [1.54, 1.807) is 10.7 Å². The van der Waals surface area contributed by atoms with Gasteiger partial charge in [-0.2, -0.15) is 0 Å². The van der Waals surface area contributed by atoms with Gasteiger partial charge in [0.1, 0.15) is 6.54 Å². The normalized spacial score (nSPS) is 10.2. The third-order valence-electron chi connectivity index (χ3n) is 3.38. The molecule has 0 amide bonds. The molecule has 3 aromatic rings. The van der Waals surface area contributed by atoms with Crippen LogP contribution < -0.4 is 4.68 Å². The number of nitrogens with zero attached hydrogens (tertiary/aromatic N) is 6. The summed E-state index contributed by atoms with van der Waals surface area (Å²) >= 11 is 0. The van der Waals surface area contributed by atoms with Crippen molar-refractivity contribution < 1.29 is 4.68 Å². The van der Waals surface area contributed by atoms with Crippen LogP contribution in [0.3, 0.4) is 0 Å². The minimum absolute atomic E-state index is 0.551. The van der Waals surface area contributed by atoms with Crippen LogP contribution in [0.4, 0.5) is 5.69 Å². The molecule has 108 valence electrons. The molecule has 0 fully saturated rings. The van der Waals surface area contributed by atoms with Gasteiger partial charge in [-0.05, 0) is 24.6 Å². The fraction of sp³-hybridized carbons (Fsp3) is 0.125. The molecule has 0 aliphatic heterocycles. The molecule has 0 aliphatic carbocycles. The van der Waals surface area contributed by atoms with Crippen LogP contribution in [0.15, 0.2) is 65.9 Å². The number of aryl methyl sites for hydroxylation is 1. The summed E-state index contributed by atoms with van der Waals surface area (Å²) in [6.07, 6.45) is 1.95. The highest BCUT2D eigenvalue weighted by atomic mass is 15.5. The van der Waals surface area contributed by atoms with Crippen LogP contribution in [-0.2, 0) is 6.54 Å². The van der Waals surface area contributed by atoms with Crippen LogP contribution in [0.2, 0.25) is 0 Å². The fourth-order valence-corrected chi connectivity index (χ4v) is 2.35. The van der Waals surface area contributed by atoms with Gasteiger partial charge in [0.25, 0.3) is 0 Å². The minimum atomic E-state index is 0.551. The molecule has 0 bridgehead atoms. The summed E-state index contributed by atoms with van der Waals surface area (Å²) < 4.78 is 3.66. The van der Waals surface area contributed by atoms with E-state index < -0.39 is 0 Å². The highest BCUT2D eigenvalue weighted by Crippen LogP contribution is 2.21. The monoisotopic (exact) mass is 291 g/mol. The Morgan fingerprint density at radius 1 is 1.14 bits per heavy atom. The molecule has 6 heteroatoms. The van der Waals surface area contributed by atoms with Crippen LogP contribution in [-0.4, -0.2) is 9.90 Å². The maximum absolute atomic E-state index is 8.70. The number of azide groups is 1. The van der Waals surface area contributed by atoms with Gasteiger partial charge in [-0.3, -0.25) is 0 Å². The van der Waals surface area contributed by atoms with Crippen molar-refractivity contribution >= 4 is 5.69 Å². The Kier molecular flexibility index (Phi) is 3.85. The quantitative estimate of drug-likeness (QED) is 0.312. The average Bonchev–Trinajstić information content (AvgIpc) is 3.01. The van der Waals surface area contributed by atoms with Crippen molar-refractivity contribution in [3.8, 4) is 16.9 Å². The van der Waals surface area contributed by atoms with Gasteiger partial charge in [-0.15, -0.1) is 9.36 Å². The summed E-state index contributed by atoms with van der Waals surface area (Å²) in [4.78, 5) is 2.88. The van der Waals surface area contributed by atoms with E-state index in [-0.39, 0.29) is 0 Å². The van der Waals surface area contributed by atoms with E-state index in [2.05, 4.69) is 15.2 Å². The largest absolute Gasteiger partial charge is 0.198 e. The van der Waals surface area contributed by atoms with Crippen molar-refractivity contribution in [1.29, 1.82) is 0 Å². The predicted molar refractivity (Wildman–Crippen MR) is 83.7 cm³/mol. The molecule has 0 unspecified atom stereocenters. The summed E-state index contributed by atoms with van der Waals surface area (Å²) in [7, 11) is 0. The van der Waals surface area contributed by atoms with E-state index in [0.717, 1.165) is 23.5 Å². The second kappa shape index (κ2) is 6.11. The van der Waals surface area contributed by atoms with E-state index in [0.29, 0.717) is 5.69 Å². The molecule has 0 radical (unpaired) electrons. The van der Waals surface area contributed by atoms with E-state index in [4.69, 9.17) is 5.53 Å². The molecule has 1 aromatic heterocycles. The van der Waals surface area contributed by atoms with Gasteiger partial charge in [0.15, 0.2) is 17.6 Å². The Hall–Kier alpha value is -3.11. The predicted octanol–water partition coefficient (Wildman–Crippen LogP) is 3.79. The zero-order valence-electron chi connectivity index (χ0n) is 12.2. The summed E-state index contributed by atoms with van der Waals surface area (Å²) in [6.45, 7) is 2.80. The lowest BCUT2D eigenvalue weighted by molar-refractivity contribution is -0.660. The number of hydrogen-bond acceptors (Lipinski definition) is 2. The molecule has 0 spiro atoms. The van der Waals surface area contributed by atoms with Gasteiger partial charge < -0.3 is 0 Å². The second-order valence-corrected chi connectivity index (χ2v) is 4.71. The molecule has 2 aromatic carbocycles. The Balaban J connectivity index is 2.15. The second-order valence-electron chi connectivity index (χ2n) is 4.71. The molecule has 1 heterocycles. The van der Waals surface area contributed by atoms with Crippen molar-refractivity contribution in [1.82, 2.24) is 9.90 Å². The lowest BCUT2D eigenvalue weighted by Gasteiger charge is -1.96. The van der Waals surface area contributed by atoms with Gasteiger partial charge in [0, 0.05) is 10.5 Å². The number of para-hydroxylation sites is 1. The zero-order chi connectivity index (χ0) is 15.4. The first kappa shape index (κ1) is 13.9.